The minimum Gasteiger partial charge on any atom is -0.383 e. The molecule has 0 atom stereocenters. The zero-order valence-electron chi connectivity index (χ0n) is 18.1. The zero-order valence-corrected chi connectivity index (χ0v) is 18.1. The van der Waals surface area contributed by atoms with Crippen LogP contribution in [0, 0.1) is 5.92 Å². The lowest BCUT2D eigenvalue weighted by Crippen LogP contribution is -2.45. The highest BCUT2D eigenvalue weighted by molar-refractivity contribution is 6.09. The molecule has 0 radical (unpaired) electrons. The molecule has 1 saturated heterocycles. The molecule has 7 nitrogen and oxygen atoms in total. The summed E-state index contributed by atoms with van der Waals surface area (Å²) in [6.07, 6.45) is 5.84. The fourth-order valence-electron chi connectivity index (χ4n) is 4.87. The van der Waals surface area contributed by atoms with Crippen LogP contribution < -0.4 is 11.1 Å². The normalized spacial score (nSPS) is 17.0. The number of likely N-dealkylation sites (tertiary alicyclic amines) is 1. The first-order valence-electron chi connectivity index (χ1n) is 11.2. The Bertz CT molecular complexity index is 1350. The van der Waals surface area contributed by atoms with Crippen LogP contribution in [0.1, 0.15) is 23.2 Å². The van der Waals surface area contributed by atoms with Gasteiger partial charge < -0.3 is 20.5 Å². The van der Waals surface area contributed by atoms with Gasteiger partial charge >= 0.3 is 0 Å². The monoisotopic (exact) mass is 426 g/mol. The second kappa shape index (κ2) is 7.31. The van der Waals surface area contributed by atoms with Crippen LogP contribution in [0.3, 0.4) is 0 Å². The molecule has 0 spiro atoms. The van der Waals surface area contributed by atoms with E-state index in [2.05, 4.69) is 56.2 Å². The standard InChI is InChI=1S/C25H26N6O/c1-30-10-15(11-30)12-31-13-21(22-23(26)27-14-28-24(22)31)17-5-8-19-16(9-17)3-2-4-20(19)25(32)29-18-6-7-18/h2-5,8-9,13-15,18H,6-7,10-12H2,1H3,(H,29,32)(H2,26,27,28). The summed E-state index contributed by atoms with van der Waals surface area (Å²) in [4.78, 5) is 23.8. The number of nitrogens with one attached hydrogen (secondary N) is 1. The lowest BCUT2D eigenvalue weighted by atomic mass is 9.98. The van der Waals surface area contributed by atoms with Gasteiger partial charge in [-0.1, -0.05) is 24.3 Å². The van der Waals surface area contributed by atoms with E-state index in [-0.39, 0.29) is 5.91 Å². The summed E-state index contributed by atoms with van der Waals surface area (Å²) in [6.45, 7) is 3.10. The van der Waals surface area contributed by atoms with E-state index in [0.717, 1.165) is 71.0 Å². The molecule has 1 saturated carbocycles. The number of carbonyl (C=O) groups is 1. The van der Waals surface area contributed by atoms with Gasteiger partial charge in [-0.05, 0) is 48.4 Å². The van der Waals surface area contributed by atoms with Crippen molar-refractivity contribution in [3.63, 3.8) is 0 Å². The second-order valence-corrected chi connectivity index (χ2v) is 9.23. The topological polar surface area (TPSA) is 89.1 Å². The number of rotatable bonds is 5. The molecule has 3 heterocycles. The van der Waals surface area contributed by atoms with E-state index in [1.54, 1.807) is 0 Å². The molecule has 0 unspecified atom stereocenters. The summed E-state index contributed by atoms with van der Waals surface area (Å²) in [7, 11) is 2.14. The van der Waals surface area contributed by atoms with Gasteiger partial charge in [0.1, 0.15) is 17.8 Å². The van der Waals surface area contributed by atoms with E-state index in [1.165, 1.54) is 6.33 Å². The molecule has 6 rings (SSSR count). The molecular formula is C25H26N6O. The molecule has 7 heteroatoms. The van der Waals surface area contributed by atoms with Crippen molar-refractivity contribution in [2.75, 3.05) is 25.9 Å². The van der Waals surface area contributed by atoms with Crippen molar-refractivity contribution in [3.8, 4) is 11.1 Å². The maximum Gasteiger partial charge on any atom is 0.252 e. The van der Waals surface area contributed by atoms with Crippen molar-refractivity contribution in [1.82, 2.24) is 24.8 Å². The van der Waals surface area contributed by atoms with Crippen LogP contribution in [0.2, 0.25) is 0 Å². The molecule has 32 heavy (non-hydrogen) atoms. The average Bonchev–Trinajstić information content (AvgIpc) is 3.51. The minimum absolute atomic E-state index is 0.00515. The molecule has 3 N–H and O–H groups in total. The summed E-state index contributed by atoms with van der Waals surface area (Å²) >= 11 is 0. The summed E-state index contributed by atoms with van der Waals surface area (Å²) < 4.78 is 2.21. The number of fused-ring (bicyclic) bond motifs is 2. The highest BCUT2D eigenvalue weighted by Crippen LogP contribution is 2.35. The van der Waals surface area contributed by atoms with E-state index in [1.807, 2.05) is 18.2 Å². The van der Waals surface area contributed by atoms with Gasteiger partial charge in [0.2, 0.25) is 0 Å². The van der Waals surface area contributed by atoms with Crippen LogP contribution in [-0.2, 0) is 6.54 Å². The van der Waals surface area contributed by atoms with E-state index in [0.29, 0.717) is 17.8 Å². The highest BCUT2D eigenvalue weighted by atomic mass is 16.1. The predicted molar refractivity (Wildman–Crippen MR) is 126 cm³/mol. The average molecular weight is 427 g/mol. The van der Waals surface area contributed by atoms with Gasteiger partial charge in [-0.15, -0.1) is 0 Å². The largest absolute Gasteiger partial charge is 0.383 e. The Kier molecular flexibility index (Phi) is 4.40. The molecule has 4 aromatic rings. The number of nitrogens with two attached hydrogens (primary N) is 1. The Morgan fingerprint density at radius 1 is 1.19 bits per heavy atom. The third kappa shape index (κ3) is 3.29. The van der Waals surface area contributed by atoms with Crippen molar-refractivity contribution in [1.29, 1.82) is 0 Å². The van der Waals surface area contributed by atoms with Gasteiger partial charge in [0.25, 0.3) is 5.91 Å². The molecule has 2 aliphatic rings. The smallest absolute Gasteiger partial charge is 0.252 e. The van der Waals surface area contributed by atoms with E-state index in [9.17, 15) is 4.79 Å². The van der Waals surface area contributed by atoms with Gasteiger partial charge in [-0.2, -0.15) is 0 Å². The highest BCUT2D eigenvalue weighted by Gasteiger charge is 2.26. The number of carbonyl (C=O) groups excluding carboxylic acids is 1. The van der Waals surface area contributed by atoms with Gasteiger partial charge in [0, 0.05) is 48.9 Å². The molecule has 1 aliphatic heterocycles. The van der Waals surface area contributed by atoms with E-state index >= 15 is 0 Å². The third-order valence-corrected chi connectivity index (χ3v) is 6.63. The number of hydrogen-bond donors (Lipinski definition) is 2. The fraction of sp³-hybridized carbons (Fsp3) is 0.320. The number of anilines is 1. The number of benzene rings is 2. The van der Waals surface area contributed by atoms with Crippen LogP contribution in [0.25, 0.3) is 32.9 Å². The summed E-state index contributed by atoms with van der Waals surface area (Å²) in [5.74, 6) is 1.11. The molecule has 1 amide bonds. The Morgan fingerprint density at radius 3 is 2.81 bits per heavy atom. The molecule has 2 fully saturated rings. The van der Waals surface area contributed by atoms with Gasteiger partial charge in [-0.25, -0.2) is 9.97 Å². The van der Waals surface area contributed by atoms with Gasteiger partial charge in [0.05, 0.1) is 5.39 Å². The quantitative estimate of drug-likeness (QED) is 0.511. The summed E-state index contributed by atoms with van der Waals surface area (Å²) in [6, 6.07) is 12.5. The minimum atomic E-state index is 0.00515. The number of nitrogen functional groups attached to an aromatic ring is 1. The summed E-state index contributed by atoms with van der Waals surface area (Å²) in [5, 5.41) is 5.98. The van der Waals surface area contributed by atoms with Crippen molar-refractivity contribution in [2.24, 2.45) is 5.92 Å². The Labute approximate surface area is 186 Å². The zero-order chi connectivity index (χ0) is 21.8. The fourth-order valence-corrected chi connectivity index (χ4v) is 4.87. The number of hydrogen-bond acceptors (Lipinski definition) is 5. The van der Waals surface area contributed by atoms with Crippen molar-refractivity contribution >= 4 is 33.5 Å². The molecular weight excluding hydrogens is 400 g/mol. The lowest BCUT2D eigenvalue weighted by Gasteiger charge is -2.36. The van der Waals surface area contributed by atoms with Gasteiger partial charge in [0.15, 0.2) is 0 Å². The maximum atomic E-state index is 12.7. The Balaban J connectivity index is 1.42. The molecule has 0 bridgehead atoms. The molecule has 2 aromatic carbocycles. The van der Waals surface area contributed by atoms with Crippen molar-refractivity contribution in [2.45, 2.75) is 25.4 Å². The lowest BCUT2D eigenvalue weighted by molar-refractivity contribution is 0.0952. The Morgan fingerprint density at radius 2 is 2.03 bits per heavy atom. The first kappa shape index (κ1) is 19.3. The number of nitrogens with zero attached hydrogens (tertiary/aromatic N) is 4. The second-order valence-electron chi connectivity index (χ2n) is 9.23. The Hall–Kier alpha value is -3.45. The van der Waals surface area contributed by atoms with Crippen LogP contribution in [-0.4, -0.2) is 51.5 Å². The van der Waals surface area contributed by atoms with Crippen LogP contribution in [0.15, 0.2) is 48.9 Å². The van der Waals surface area contributed by atoms with Crippen LogP contribution in [0.5, 0.6) is 0 Å². The molecule has 162 valence electrons. The van der Waals surface area contributed by atoms with Crippen molar-refractivity contribution < 1.29 is 4.79 Å². The SMILES string of the molecule is CN1CC(Cn2cc(-c3ccc4c(C(=O)NC5CC5)cccc4c3)c3c(N)ncnc32)C1. The molecule has 2 aromatic heterocycles. The van der Waals surface area contributed by atoms with Gasteiger partial charge in [-0.3, -0.25) is 4.79 Å². The molecule has 1 aliphatic carbocycles. The first-order chi connectivity index (χ1) is 15.6. The van der Waals surface area contributed by atoms with Crippen molar-refractivity contribution in [3.05, 3.63) is 54.5 Å². The summed E-state index contributed by atoms with van der Waals surface area (Å²) in [5.41, 5.74) is 9.98. The number of amides is 1. The third-order valence-electron chi connectivity index (χ3n) is 6.63. The van der Waals surface area contributed by atoms with Crippen LogP contribution >= 0.6 is 0 Å². The maximum absolute atomic E-state index is 12.7. The predicted octanol–water partition coefficient (Wildman–Crippen LogP) is 3.29. The number of aromatic nitrogens is 3. The van der Waals surface area contributed by atoms with Crippen LogP contribution in [0.4, 0.5) is 5.82 Å². The van der Waals surface area contributed by atoms with E-state index < -0.39 is 0 Å². The van der Waals surface area contributed by atoms with E-state index in [4.69, 9.17) is 5.73 Å². The first-order valence-corrected chi connectivity index (χ1v) is 11.2.